The number of rotatable bonds is 7. The average Bonchev–Trinajstić information content (AvgIpc) is 3.01. The van der Waals surface area contributed by atoms with Gasteiger partial charge in [0.2, 0.25) is 0 Å². The summed E-state index contributed by atoms with van der Waals surface area (Å²) >= 11 is 0. The van der Waals surface area contributed by atoms with Gasteiger partial charge in [-0.15, -0.1) is 0 Å². The molecule has 3 N–H and O–H groups in total. The summed E-state index contributed by atoms with van der Waals surface area (Å²) in [5.41, 5.74) is 8.27. The van der Waals surface area contributed by atoms with Crippen LogP contribution in [0.2, 0.25) is 0 Å². The zero-order valence-electron chi connectivity index (χ0n) is 12.4. The Kier molecular flexibility index (Phi) is 5.51. The molecule has 0 aliphatic carbocycles. The predicted octanol–water partition coefficient (Wildman–Crippen LogP) is 1.62. The lowest BCUT2D eigenvalue weighted by Gasteiger charge is -2.21. The summed E-state index contributed by atoms with van der Waals surface area (Å²) < 4.78 is 0. The van der Waals surface area contributed by atoms with Crippen molar-refractivity contribution in [1.82, 2.24) is 15.1 Å². The van der Waals surface area contributed by atoms with Gasteiger partial charge in [-0.05, 0) is 24.5 Å². The summed E-state index contributed by atoms with van der Waals surface area (Å²) in [6.45, 7) is 3.66. The summed E-state index contributed by atoms with van der Waals surface area (Å²) in [5, 5.41) is 6.97. The third-order valence-electron chi connectivity index (χ3n) is 3.43. The first-order chi connectivity index (χ1) is 10.2. The van der Waals surface area contributed by atoms with Crippen LogP contribution in [0.4, 0.5) is 0 Å². The zero-order chi connectivity index (χ0) is 15.1. The molecular formula is C16H22N4O. The lowest BCUT2D eigenvalue weighted by Crippen LogP contribution is -2.37. The van der Waals surface area contributed by atoms with Gasteiger partial charge < -0.3 is 10.6 Å². The van der Waals surface area contributed by atoms with Crippen LogP contribution >= 0.6 is 0 Å². The van der Waals surface area contributed by atoms with Crippen molar-refractivity contribution < 1.29 is 4.79 Å². The van der Waals surface area contributed by atoms with Gasteiger partial charge in [0.1, 0.15) is 5.69 Å². The van der Waals surface area contributed by atoms with E-state index in [4.69, 9.17) is 5.73 Å². The number of benzene rings is 1. The van der Waals surface area contributed by atoms with E-state index < -0.39 is 0 Å². The number of H-pyrrole nitrogens is 1. The highest BCUT2D eigenvalue weighted by atomic mass is 16.2. The molecule has 0 bridgehead atoms. The molecule has 1 heterocycles. The van der Waals surface area contributed by atoms with Crippen LogP contribution in [0.3, 0.4) is 0 Å². The molecule has 2 rings (SSSR count). The minimum Gasteiger partial charge on any atom is -0.336 e. The van der Waals surface area contributed by atoms with E-state index in [9.17, 15) is 4.79 Å². The summed E-state index contributed by atoms with van der Waals surface area (Å²) in [5.74, 6) is -0.0627. The molecule has 5 nitrogen and oxygen atoms in total. The molecule has 112 valence electrons. The molecule has 0 saturated heterocycles. The van der Waals surface area contributed by atoms with Crippen LogP contribution in [-0.4, -0.2) is 40.6 Å². The molecule has 0 aliphatic rings. The van der Waals surface area contributed by atoms with Gasteiger partial charge in [-0.25, -0.2) is 0 Å². The molecule has 0 fully saturated rings. The maximum Gasteiger partial charge on any atom is 0.274 e. The van der Waals surface area contributed by atoms with E-state index in [0.29, 0.717) is 25.3 Å². The zero-order valence-corrected chi connectivity index (χ0v) is 12.4. The fourth-order valence-electron chi connectivity index (χ4n) is 2.19. The van der Waals surface area contributed by atoms with Crippen LogP contribution in [0, 0.1) is 0 Å². The molecule has 1 aromatic heterocycles. The van der Waals surface area contributed by atoms with E-state index in [-0.39, 0.29) is 5.91 Å². The Hall–Kier alpha value is -2.14. The van der Waals surface area contributed by atoms with E-state index in [2.05, 4.69) is 22.3 Å². The van der Waals surface area contributed by atoms with Gasteiger partial charge in [0.25, 0.3) is 5.91 Å². The Morgan fingerprint density at radius 3 is 2.67 bits per heavy atom. The Morgan fingerprint density at radius 1 is 1.29 bits per heavy atom. The van der Waals surface area contributed by atoms with Crippen LogP contribution < -0.4 is 5.73 Å². The molecule has 0 saturated carbocycles. The third-order valence-corrected chi connectivity index (χ3v) is 3.43. The quantitative estimate of drug-likeness (QED) is 0.812. The van der Waals surface area contributed by atoms with Gasteiger partial charge in [0.05, 0.1) is 0 Å². The number of aromatic nitrogens is 2. The average molecular weight is 286 g/mol. The summed E-state index contributed by atoms with van der Waals surface area (Å²) in [7, 11) is 0. The predicted molar refractivity (Wildman–Crippen MR) is 83.1 cm³/mol. The van der Waals surface area contributed by atoms with E-state index in [1.165, 1.54) is 5.56 Å². The SMILES string of the molecule is CCc1cc(C(=O)N(CCN)CCc2ccccc2)n[nH]1. The molecule has 1 aromatic carbocycles. The van der Waals surface area contributed by atoms with Gasteiger partial charge >= 0.3 is 0 Å². The fourth-order valence-corrected chi connectivity index (χ4v) is 2.19. The minimum atomic E-state index is -0.0627. The molecule has 21 heavy (non-hydrogen) atoms. The lowest BCUT2D eigenvalue weighted by molar-refractivity contribution is 0.0756. The smallest absolute Gasteiger partial charge is 0.274 e. The summed E-state index contributed by atoms with van der Waals surface area (Å²) in [6, 6.07) is 11.9. The first-order valence-electron chi connectivity index (χ1n) is 7.32. The monoisotopic (exact) mass is 286 g/mol. The highest BCUT2D eigenvalue weighted by Crippen LogP contribution is 2.07. The number of carbonyl (C=O) groups is 1. The minimum absolute atomic E-state index is 0.0627. The molecule has 1 amide bonds. The molecule has 2 aromatic rings. The standard InChI is InChI=1S/C16H22N4O/c1-2-14-12-15(19-18-14)16(21)20(11-9-17)10-8-13-6-4-3-5-7-13/h3-7,12H,2,8-11,17H2,1H3,(H,18,19). The first kappa shape index (κ1) is 15.3. The van der Waals surface area contributed by atoms with Crippen LogP contribution in [0.15, 0.2) is 36.4 Å². The summed E-state index contributed by atoms with van der Waals surface area (Å²) in [4.78, 5) is 14.2. The van der Waals surface area contributed by atoms with E-state index in [1.54, 1.807) is 4.90 Å². The molecule has 0 spiro atoms. The van der Waals surface area contributed by atoms with Crippen molar-refractivity contribution in [3.8, 4) is 0 Å². The van der Waals surface area contributed by atoms with Crippen LogP contribution in [0.1, 0.15) is 28.7 Å². The van der Waals surface area contributed by atoms with Crippen molar-refractivity contribution in [3.05, 3.63) is 53.3 Å². The van der Waals surface area contributed by atoms with Crippen molar-refractivity contribution in [1.29, 1.82) is 0 Å². The number of hydrogen-bond acceptors (Lipinski definition) is 3. The number of nitrogens with one attached hydrogen (secondary N) is 1. The normalized spacial score (nSPS) is 10.6. The number of carbonyl (C=O) groups excluding carboxylic acids is 1. The van der Waals surface area contributed by atoms with Gasteiger partial charge in [-0.2, -0.15) is 5.10 Å². The first-order valence-corrected chi connectivity index (χ1v) is 7.32. The van der Waals surface area contributed by atoms with E-state index in [0.717, 1.165) is 18.5 Å². The van der Waals surface area contributed by atoms with Crippen molar-refractivity contribution in [2.24, 2.45) is 5.73 Å². The topological polar surface area (TPSA) is 75.0 Å². The fraction of sp³-hybridized carbons (Fsp3) is 0.375. The van der Waals surface area contributed by atoms with Crippen molar-refractivity contribution >= 4 is 5.91 Å². The van der Waals surface area contributed by atoms with Crippen molar-refractivity contribution in [3.63, 3.8) is 0 Å². The Balaban J connectivity index is 2.02. The number of hydrogen-bond donors (Lipinski definition) is 2. The number of amides is 1. The number of nitrogens with two attached hydrogens (primary N) is 1. The second-order valence-corrected chi connectivity index (χ2v) is 4.95. The highest BCUT2D eigenvalue weighted by Gasteiger charge is 2.17. The third kappa shape index (κ3) is 4.16. The molecule has 0 radical (unpaired) electrons. The largest absolute Gasteiger partial charge is 0.336 e. The number of aryl methyl sites for hydroxylation is 1. The van der Waals surface area contributed by atoms with Gasteiger partial charge in [-0.3, -0.25) is 9.89 Å². The Bertz CT molecular complexity index is 565. The molecular weight excluding hydrogens is 264 g/mol. The second kappa shape index (κ2) is 7.59. The van der Waals surface area contributed by atoms with Crippen molar-refractivity contribution in [2.45, 2.75) is 19.8 Å². The van der Waals surface area contributed by atoms with E-state index >= 15 is 0 Å². The van der Waals surface area contributed by atoms with Gasteiger partial charge in [0, 0.05) is 25.3 Å². The Labute approximate surface area is 125 Å². The van der Waals surface area contributed by atoms with E-state index in [1.807, 2.05) is 31.2 Å². The maximum atomic E-state index is 12.5. The van der Waals surface area contributed by atoms with Crippen molar-refractivity contribution in [2.75, 3.05) is 19.6 Å². The van der Waals surface area contributed by atoms with Crippen LogP contribution in [0.5, 0.6) is 0 Å². The molecule has 0 aliphatic heterocycles. The molecule has 0 atom stereocenters. The lowest BCUT2D eigenvalue weighted by atomic mass is 10.1. The highest BCUT2D eigenvalue weighted by molar-refractivity contribution is 5.92. The number of aromatic amines is 1. The van der Waals surface area contributed by atoms with Crippen LogP contribution in [-0.2, 0) is 12.8 Å². The second-order valence-electron chi connectivity index (χ2n) is 4.95. The van der Waals surface area contributed by atoms with Gasteiger partial charge in [0.15, 0.2) is 0 Å². The Morgan fingerprint density at radius 2 is 2.05 bits per heavy atom. The van der Waals surface area contributed by atoms with Gasteiger partial charge in [-0.1, -0.05) is 37.3 Å². The summed E-state index contributed by atoms with van der Waals surface area (Å²) in [6.07, 6.45) is 1.65. The van der Waals surface area contributed by atoms with Crippen LogP contribution in [0.25, 0.3) is 0 Å². The molecule has 0 unspecified atom stereocenters. The molecule has 5 heteroatoms. The number of nitrogens with zero attached hydrogens (tertiary/aromatic N) is 2. The maximum absolute atomic E-state index is 12.5.